The van der Waals surface area contributed by atoms with Gasteiger partial charge in [-0.15, -0.1) is 0 Å². The van der Waals surface area contributed by atoms with Gasteiger partial charge >= 0.3 is 5.97 Å². The molecule has 0 saturated carbocycles. The summed E-state index contributed by atoms with van der Waals surface area (Å²) in [6, 6.07) is 9.57. The lowest BCUT2D eigenvalue weighted by molar-refractivity contribution is -0.153. The maximum atomic E-state index is 11.3. The highest BCUT2D eigenvalue weighted by atomic mass is 16.6. The van der Waals surface area contributed by atoms with Crippen molar-refractivity contribution in [2.75, 3.05) is 0 Å². The molecule has 0 aliphatic carbocycles. The maximum absolute atomic E-state index is 11.3. The van der Waals surface area contributed by atoms with Crippen LogP contribution < -0.4 is 0 Å². The van der Waals surface area contributed by atoms with Gasteiger partial charge in [-0.25, -0.2) is 0 Å². The molecule has 0 atom stereocenters. The molecule has 16 heavy (non-hydrogen) atoms. The van der Waals surface area contributed by atoms with Crippen LogP contribution >= 0.6 is 0 Å². The molecule has 2 nitrogen and oxygen atoms in total. The van der Waals surface area contributed by atoms with E-state index in [0.717, 1.165) is 5.56 Å². The van der Waals surface area contributed by atoms with Crippen LogP contribution in [-0.2, 0) is 9.53 Å². The molecule has 0 heterocycles. The normalized spacial score (nSPS) is 10.2. The van der Waals surface area contributed by atoms with E-state index >= 15 is 0 Å². The van der Waals surface area contributed by atoms with Gasteiger partial charge in [-0.3, -0.25) is 4.79 Å². The summed E-state index contributed by atoms with van der Waals surface area (Å²) < 4.78 is 5.13. The van der Waals surface area contributed by atoms with Gasteiger partial charge in [0.15, 0.2) is 0 Å². The third-order valence-corrected chi connectivity index (χ3v) is 1.66. The van der Waals surface area contributed by atoms with Crippen LogP contribution in [0.1, 0.15) is 32.8 Å². The van der Waals surface area contributed by atoms with Crippen molar-refractivity contribution >= 4 is 5.97 Å². The summed E-state index contributed by atoms with van der Waals surface area (Å²) in [6.45, 7) is 5.53. The highest BCUT2D eigenvalue weighted by Crippen LogP contribution is 2.07. The van der Waals surface area contributed by atoms with E-state index in [1.54, 1.807) is 0 Å². The van der Waals surface area contributed by atoms with Crippen LogP contribution in [0, 0.1) is 11.8 Å². The molecular formula is C14H16O2. The lowest BCUT2D eigenvalue weighted by Crippen LogP contribution is -2.23. The summed E-state index contributed by atoms with van der Waals surface area (Å²) in [4.78, 5) is 11.3. The van der Waals surface area contributed by atoms with E-state index in [2.05, 4.69) is 11.8 Å². The smallest absolute Gasteiger partial charge is 0.318 e. The average molecular weight is 216 g/mol. The van der Waals surface area contributed by atoms with E-state index in [9.17, 15) is 4.79 Å². The summed E-state index contributed by atoms with van der Waals surface area (Å²) in [7, 11) is 0. The average Bonchev–Trinajstić information content (AvgIpc) is 2.16. The molecule has 0 N–H and O–H groups in total. The highest BCUT2D eigenvalue weighted by Gasteiger charge is 2.14. The van der Waals surface area contributed by atoms with Crippen molar-refractivity contribution in [1.82, 2.24) is 0 Å². The van der Waals surface area contributed by atoms with E-state index in [1.165, 1.54) is 0 Å². The fourth-order valence-corrected chi connectivity index (χ4v) is 1.12. The second kappa shape index (κ2) is 5.37. The Morgan fingerprint density at radius 3 is 2.44 bits per heavy atom. The lowest BCUT2D eigenvalue weighted by Gasteiger charge is -2.18. The quantitative estimate of drug-likeness (QED) is 0.533. The van der Waals surface area contributed by atoms with Gasteiger partial charge in [-0.1, -0.05) is 30.0 Å². The van der Waals surface area contributed by atoms with Gasteiger partial charge in [0, 0.05) is 5.56 Å². The Hall–Kier alpha value is -1.75. The molecule has 0 unspecified atom stereocenters. The minimum Gasteiger partial charge on any atom is -0.459 e. The van der Waals surface area contributed by atoms with E-state index in [4.69, 9.17) is 4.74 Å². The predicted octanol–water partition coefficient (Wildman–Crippen LogP) is 2.77. The Morgan fingerprint density at radius 2 is 1.88 bits per heavy atom. The Kier molecular flexibility index (Phi) is 4.13. The van der Waals surface area contributed by atoms with Gasteiger partial charge in [0.05, 0.1) is 0 Å². The van der Waals surface area contributed by atoms with Crippen LogP contribution in [0.4, 0.5) is 0 Å². The molecule has 0 aliphatic heterocycles. The Morgan fingerprint density at radius 1 is 1.25 bits per heavy atom. The van der Waals surface area contributed by atoms with Crippen LogP contribution in [0.5, 0.6) is 0 Å². The molecule has 84 valence electrons. The Labute approximate surface area is 96.6 Å². The fraction of sp³-hybridized carbons (Fsp3) is 0.357. The zero-order chi connectivity index (χ0) is 12.0. The van der Waals surface area contributed by atoms with Gasteiger partial charge < -0.3 is 4.74 Å². The number of rotatable bonds is 1. The lowest BCUT2D eigenvalue weighted by atomic mass is 10.2. The van der Waals surface area contributed by atoms with Crippen molar-refractivity contribution in [2.45, 2.75) is 32.8 Å². The molecule has 0 aromatic heterocycles. The second-order valence-corrected chi connectivity index (χ2v) is 4.43. The number of hydrogen-bond acceptors (Lipinski definition) is 2. The number of benzene rings is 1. The van der Waals surface area contributed by atoms with Gasteiger partial charge in [-0.05, 0) is 32.9 Å². The maximum Gasteiger partial charge on any atom is 0.318 e. The Bertz CT molecular complexity index is 402. The van der Waals surface area contributed by atoms with Crippen LogP contribution in [0.2, 0.25) is 0 Å². The SMILES string of the molecule is CC(C)(C)OC(=O)CC#Cc1ccccc1. The molecule has 0 bridgehead atoms. The zero-order valence-corrected chi connectivity index (χ0v) is 9.91. The number of carbonyl (C=O) groups excluding carboxylic acids is 1. The molecule has 1 aromatic rings. The minimum atomic E-state index is -0.439. The van der Waals surface area contributed by atoms with Crippen LogP contribution in [0.3, 0.4) is 0 Å². The molecule has 0 fully saturated rings. The fourth-order valence-electron chi connectivity index (χ4n) is 1.12. The first-order chi connectivity index (χ1) is 7.47. The number of ether oxygens (including phenoxy) is 1. The van der Waals surface area contributed by atoms with E-state index in [-0.39, 0.29) is 12.4 Å². The van der Waals surface area contributed by atoms with Crippen molar-refractivity contribution in [3.63, 3.8) is 0 Å². The standard InChI is InChI=1S/C14H16O2/c1-14(2,3)16-13(15)11-7-10-12-8-5-4-6-9-12/h4-6,8-9H,11H2,1-3H3. The summed E-state index contributed by atoms with van der Waals surface area (Å²) in [5, 5.41) is 0. The predicted molar refractivity (Wildman–Crippen MR) is 63.8 cm³/mol. The van der Waals surface area contributed by atoms with Crippen molar-refractivity contribution in [3.05, 3.63) is 35.9 Å². The molecule has 0 spiro atoms. The number of esters is 1. The molecule has 2 heteroatoms. The largest absolute Gasteiger partial charge is 0.459 e. The zero-order valence-electron chi connectivity index (χ0n) is 9.91. The summed E-state index contributed by atoms with van der Waals surface area (Å²) in [6.07, 6.45) is 0.131. The minimum absolute atomic E-state index is 0.131. The highest BCUT2D eigenvalue weighted by molar-refractivity contribution is 5.73. The topological polar surface area (TPSA) is 26.3 Å². The van der Waals surface area contributed by atoms with Gasteiger partial charge in [-0.2, -0.15) is 0 Å². The van der Waals surface area contributed by atoms with Gasteiger partial charge in [0.2, 0.25) is 0 Å². The van der Waals surface area contributed by atoms with E-state index in [1.807, 2.05) is 51.1 Å². The van der Waals surface area contributed by atoms with Crippen molar-refractivity contribution < 1.29 is 9.53 Å². The van der Waals surface area contributed by atoms with Crippen LogP contribution in [-0.4, -0.2) is 11.6 Å². The first-order valence-corrected chi connectivity index (χ1v) is 5.23. The summed E-state index contributed by atoms with van der Waals surface area (Å²) >= 11 is 0. The van der Waals surface area contributed by atoms with Crippen molar-refractivity contribution in [2.24, 2.45) is 0 Å². The first-order valence-electron chi connectivity index (χ1n) is 5.23. The van der Waals surface area contributed by atoms with E-state index < -0.39 is 5.60 Å². The van der Waals surface area contributed by atoms with Gasteiger partial charge in [0.1, 0.15) is 12.0 Å². The third kappa shape index (κ3) is 5.21. The Balaban J connectivity index is 2.47. The summed E-state index contributed by atoms with van der Waals surface area (Å²) in [5.41, 5.74) is 0.469. The van der Waals surface area contributed by atoms with E-state index in [0.29, 0.717) is 0 Å². The molecule has 0 radical (unpaired) electrons. The third-order valence-electron chi connectivity index (χ3n) is 1.66. The molecule has 1 aromatic carbocycles. The second-order valence-electron chi connectivity index (χ2n) is 4.43. The van der Waals surface area contributed by atoms with Gasteiger partial charge in [0.25, 0.3) is 0 Å². The molecular weight excluding hydrogens is 200 g/mol. The number of carbonyl (C=O) groups is 1. The summed E-state index contributed by atoms with van der Waals surface area (Å²) in [5.74, 6) is 5.43. The number of hydrogen-bond donors (Lipinski definition) is 0. The molecule has 0 amide bonds. The molecule has 0 aliphatic rings. The molecule has 0 saturated heterocycles. The van der Waals surface area contributed by atoms with Crippen LogP contribution in [0.15, 0.2) is 30.3 Å². The first kappa shape index (κ1) is 12.3. The van der Waals surface area contributed by atoms with Crippen LogP contribution in [0.25, 0.3) is 0 Å². The van der Waals surface area contributed by atoms with Crippen molar-refractivity contribution in [3.8, 4) is 11.8 Å². The molecule has 1 rings (SSSR count). The van der Waals surface area contributed by atoms with Crippen molar-refractivity contribution in [1.29, 1.82) is 0 Å². The monoisotopic (exact) mass is 216 g/mol.